The summed E-state index contributed by atoms with van der Waals surface area (Å²) in [5.41, 5.74) is 0.745. The first-order chi connectivity index (χ1) is 7.08. The minimum atomic E-state index is -0.409. The molecule has 5 heteroatoms. The highest BCUT2D eigenvalue weighted by atomic mass is 16.6. The van der Waals surface area contributed by atoms with Crippen molar-refractivity contribution in [2.24, 2.45) is 0 Å². The molecule has 78 valence electrons. The molecule has 2 rings (SSSR count). The van der Waals surface area contributed by atoms with Crippen molar-refractivity contribution in [3.63, 3.8) is 0 Å². The minimum Gasteiger partial charge on any atom is -0.269 e. The van der Waals surface area contributed by atoms with Gasteiger partial charge in [0.05, 0.1) is 10.4 Å². The molecule has 0 radical (unpaired) electrons. The van der Waals surface area contributed by atoms with E-state index >= 15 is 0 Å². The third-order valence-corrected chi connectivity index (χ3v) is 2.25. The Hall–Kier alpha value is -1.91. The molecule has 5 nitrogen and oxygen atoms in total. The molecular formula is C10H11N3O2. The van der Waals surface area contributed by atoms with E-state index in [0.29, 0.717) is 5.52 Å². The largest absolute Gasteiger partial charge is 0.271 e. The van der Waals surface area contributed by atoms with Gasteiger partial charge in [0.15, 0.2) is 0 Å². The number of nitro groups is 1. The van der Waals surface area contributed by atoms with Gasteiger partial charge in [-0.25, -0.2) is 0 Å². The monoisotopic (exact) mass is 205 g/mol. The topological polar surface area (TPSA) is 61.0 Å². The second-order valence-electron chi connectivity index (χ2n) is 3.70. The summed E-state index contributed by atoms with van der Waals surface area (Å²) in [7, 11) is 0. The number of benzene rings is 1. The molecule has 0 amide bonds. The Morgan fingerprint density at radius 2 is 2.20 bits per heavy atom. The molecule has 1 aromatic carbocycles. The highest BCUT2D eigenvalue weighted by molar-refractivity contribution is 5.80. The smallest absolute Gasteiger partial charge is 0.269 e. The summed E-state index contributed by atoms with van der Waals surface area (Å²) in [5, 5.41) is 15.7. The molecule has 15 heavy (non-hydrogen) atoms. The van der Waals surface area contributed by atoms with Gasteiger partial charge in [-0.15, -0.1) is 0 Å². The highest BCUT2D eigenvalue weighted by Gasteiger charge is 2.09. The lowest BCUT2D eigenvalue weighted by Gasteiger charge is -2.02. The number of fused-ring (bicyclic) bond motifs is 1. The van der Waals surface area contributed by atoms with Crippen LogP contribution in [0.4, 0.5) is 5.69 Å². The molecular weight excluding hydrogens is 194 g/mol. The molecule has 2 aromatic rings. The number of hydrogen-bond donors (Lipinski definition) is 0. The van der Waals surface area contributed by atoms with Crippen molar-refractivity contribution in [3.05, 3.63) is 34.5 Å². The SMILES string of the molecule is CC(C)n1cc2ccc([N+](=O)[O-])cc2n1. The van der Waals surface area contributed by atoms with Gasteiger partial charge in [-0.3, -0.25) is 14.8 Å². The molecule has 0 N–H and O–H groups in total. The van der Waals surface area contributed by atoms with Gasteiger partial charge in [0, 0.05) is 29.8 Å². The fourth-order valence-electron chi connectivity index (χ4n) is 1.40. The van der Waals surface area contributed by atoms with Gasteiger partial charge in [0.25, 0.3) is 5.69 Å². The predicted molar refractivity (Wildman–Crippen MR) is 56.8 cm³/mol. The number of nitrogens with zero attached hydrogens (tertiary/aromatic N) is 3. The molecule has 0 saturated heterocycles. The minimum absolute atomic E-state index is 0.0801. The summed E-state index contributed by atoms with van der Waals surface area (Å²) in [6.45, 7) is 4.03. The van der Waals surface area contributed by atoms with Crippen LogP contribution in [0.1, 0.15) is 19.9 Å². The van der Waals surface area contributed by atoms with Crippen LogP contribution in [0.15, 0.2) is 24.4 Å². The summed E-state index contributed by atoms with van der Waals surface area (Å²) in [4.78, 5) is 10.1. The van der Waals surface area contributed by atoms with Gasteiger partial charge in [-0.2, -0.15) is 5.10 Å². The average molecular weight is 205 g/mol. The second-order valence-corrected chi connectivity index (χ2v) is 3.70. The molecule has 0 spiro atoms. The van der Waals surface area contributed by atoms with Crippen LogP contribution < -0.4 is 0 Å². The first-order valence-corrected chi connectivity index (χ1v) is 4.71. The first-order valence-electron chi connectivity index (χ1n) is 4.71. The fourth-order valence-corrected chi connectivity index (χ4v) is 1.40. The van der Waals surface area contributed by atoms with Crippen LogP contribution in [0, 0.1) is 10.1 Å². The fraction of sp³-hybridized carbons (Fsp3) is 0.300. The average Bonchev–Trinajstić information content (AvgIpc) is 2.59. The molecule has 0 aliphatic heterocycles. The zero-order chi connectivity index (χ0) is 11.0. The van der Waals surface area contributed by atoms with E-state index in [9.17, 15) is 10.1 Å². The van der Waals surface area contributed by atoms with Crippen LogP contribution in [0.3, 0.4) is 0 Å². The Balaban J connectivity index is 2.57. The second kappa shape index (κ2) is 3.34. The van der Waals surface area contributed by atoms with E-state index in [1.54, 1.807) is 10.7 Å². The summed E-state index contributed by atoms with van der Waals surface area (Å²) in [6.07, 6.45) is 1.89. The standard InChI is InChI=1S/C10H11N3O2/c1-7(2)12-6-8-3-4-9(13(14)15)5-10(8)11-12/h3-7H,1-2H3. The van der Waals surface area contributed by atoms with E-state index in [1.807, 2.05) is 20.0 Å². The van der Waals surface area contributed by atoms with Crippen molar-refractivity contribution < 1.29 is 4.92 Å². The van der Waals surface area contributed by atoms with Crippen LogP contribution in [0.25, 0.3) is 10.9 Å². The third kappa shape index (κ3) is 1.68. The molecule has 0 unspecified atom stereocenters. The quantitative estimate of drug-likeness (QED) is 0.559. The van der Waals surface area contributed by atoms with E-state index in [2.05, 4.69) is 5.10 Å². The molecule has 0 fully saturated rings. The van der Waals surface area contributed by atoms with Crippen molar-refractivity contribution in [3.8, 4) is 0 Å². The number of rotatable bonds is 2. The van der Waals surface area contributed by atoms with Crippen LogP contribution >= 0.6 is 0 Å². The third-order valence-electron chi connectivity index (χ3n) is 2.25. The Labute approximate surface area is 86.5 Å². The maximum atomic E-state index is 10.6. The number of non-ortho nitro benzene ring substituents is 1. The highest BCUT2D eigenvalue weighted by Crippen LogP contribution is 2.20. The van der Waals surface area contributed by atoms with Crippen molar-refractivity contribution in [1.82, 2.24) is 9.78 Å². The van der Waals surface area contributed by atoms with Crippen molar-refractivity contribution in [2.45, 2.75) is 19.9 Å². The van der Waals surface area contributed by atoms with E-state index in [-0.39, 0.29) is 11.7 Å². The normalized spacial score (nSPS) is 11.1. The van der Waals surface area contributed by atoms with Gasteiger partial charge in [0.2, 0.25) is 0 Å². The predicted octanol–water partition coefficient (Wildman–Crippen LogP) is 2.53. The zero-order valence-corrected chi connectivity index (χ0v) is 8.54. The van der Waals surface area contributed by atoms with Gasteiger partial charge in [-0.1, -0.05) is 0 Å². The van der Waals surface area contributed by atoms with Crippen LogP contribution in [0.2, 0.25) is 0 Å². The number of aromatic nitrogens is 2. The number of nitro benzene ring substituents is 1. The van der Waals surface area contributed by atoms with E-state index in [1.165, 1.54) is 12.1 Å². The molecule has 0 aliphatic carbocycles. The van der Waals surface area contributed by atoms with Crippen molar-refractivity contribution in [1.29, 1.82) is 0 Å². The maximum absolute atomic E-state index is 10.6. The Morgan fingerprint density at radius 3 is 2.80 bits per heavy atom. The van der Waals surface area contributed by atoms with Crippen LogP contribution in [0.5, 0.6) is 0 Å². The van der Waals surface area contributed by atoms with Crippen molar-refractivity contribution >= 4 is 16.6 Å². The van der Waals surface area contributed by atoms with Crippen molar-refractivity contribution in [2.75, 3.05) is 0 Å². The molecule has 0 bridgehead atoms. The molecule has 0 atom stereocenters. The summed E-state index contributed by atoms with van der Waals surface area (Å²) >= 11 is 0. The Kier molecular flexibility index (Phi) is 2.15. The van der Waals surface area contributed by atoms with Gasteiger partial charge < -0.3 is 0 Å². The van der Waals surface area contributed by atoms with Crippen LogP contribution in [-0.4, -0.2) is 14.7 Å². The Bertz CT molecular complexity index is 516. The van der Waals surface area contributed by atoms with Gasteiger partial charge >= 0.3 is 0 Å². The molecule has 0 saturated carbocycles. The van der Waals surface area contributed by atoms with Crippen LogP contribution in [-0.2, 0) is 0 Å². The molecule has 1 aromatic heterocycles. The first kappa shape index (κ1) is 9.64. The molecule has 0 aliphatic rings. The van der Waals surface area contributed by atoms with Gasteiger partial charge in [-0.05, 0) is 19.9 Å². The van der Waals surface area contributed by atoms with E-state index in [0.717, 1.165) is 5.39 Å². The summed E-state index contributed by atoms with van der Waals surface area (Å²) in [5.74, 6) is 0. The summed E-state index contributed by atoms with van der Waals surface area (Å²) < 4.78 is 1.80. The van der Waals surface area contributed by atoms with E-state index < -0.39 is 4.92 Å². The lowest BCUT2D eigenvalue weighted by atomic mass is 10.2. The summed E-state index contributed by atoms with van der Waals surface area (Å²) in [6, 6.07) is 4.97. The number of hydrogen-bond acceptors (Lipinski definition) is 3. The molecule has 1 heterocycles. The van der Waals surface area contributed by atoms with E-state index in [4.69, 9.17) is 0 Å². The van der Waals surface area contributed by atoms with Gasteiger partial charge in [0.1, 0.15) is 0 Å². The lowest BCUT2D eigenvalue weighted by Crippen LogP contribution is -1.99. The zero-order valence-electron chi connectivity index (χ0n) is 8.54. The maximum Gasteiger partial charge on any atom is 0.271 e. The lowest BCUT2D eigenvalue weighted by molar-refractivity contribution is -0.384. The Morgan fingerprint density at radius 1 is 1.47 bits per heavy atom.